The Hall–Kier alpha value is -3.69. The zero-order valence-corrected chi connectivity index (χ0v) is 19.2. The number of carbonyl (C=O) groups is 3. The predicted octanol–water partition coefficient (Wildman–Crippen LogP) is 5.57. The molecule has 10 heteroatoms. The zero-order chi connectivity index (χ0) is 24.0. The fourth-order valence-corrected chi connectivity index (χ4v) is 4.64. The first-order valence-electron chi connectivity index (χ1n) is 10.1. The molecular weight excluding hydrogens is 482 g/mol. The number of hydrogen-bond donors (Lipinski definition) is 1. The summed E-state index contributed by atoms with van der Waals surface area (Å²) in [6.45, 7) is 1.92. The second-order valence-electron chi connectivity index (χ2n) is 7.60. The summed E-state index contributed by atoms with van der Waals surface area (Å²) < 4.78 is 16.5. The van der Waals surface area contributed by atoms with Crippen LogP contribution in [-0.2, 0) is 11.3 Å². The van der Waals surface area contributed by atoms with Crippen molar-refractivity contribution >= 4 is 46.6 Å². The third-order valence-corrected chi connectivity index (χ3v) is 6.65. The molecule has 3 heterocycles. The highest BCUT2D eigenvalue weighted by atomic mass is 35.5. The number of halogens is 1. The smallest absolute Gasteiger partial charge is 0.335 e. The number of carboxylic acids is 1. The number of aryl methyl sites for hydroxylation is 1. The van der Waals surface area contributed by atoms with Crippen molar-refractivity contribution in [3.8, 4) is 22.8 Å². The van der Waals surface area contributed by atoms with Crippen LogP contribution in [0.4, 0.5) is 4.79 Å². The number of furan rings is 1. The average molecular weight is 498 g/mol. The molecule has 0 spiro atoms. The van der Waals surface area contributed by atoms with E-state index in [-0.39, 0.29) is 23.8 Å². The van der Waals surface area contributed by atoms with E-state index < -0.39 is 17.1 Å². The van der Waals surface area contributed by atoms with E-state index in [0.29, 0.717) is 39.2 Å². The van der Waals surface area contributed by atoms with Crippen molar-refractivity contribution in [2.24, 2.45) is 0 Å². The monoisotopic (exact) mass is 497 g/mol. The number of hydrogen-bond acceptors (Lipinski definition) is 7. The molecule has 0 atom stereocenters. The molecule has 1 saturated heterocycles. The minimum absolute atomic E-state index is 0.0118. The molecule has 1 fully saturated rings. The van der Waals surface area contributed by atoms with Gasteiger partial charge in [-0.05, 0) is 60.1 Å². The first-order valence-corrected chi connectivity index (χ1v) is 11.3. The lowest BCUT2D eigenvalue weighted by atomic mass is 10.0. The van der Waals surface area contributed by atoms with Gasteiger partial charge in [0.1, 0.15) is 11.5 Å². The molecule has 0 bridgehead atoms. The molecular formula is C24H16ClNO7S. The largest absolute Gasteiger partial charge is 0.478 e. The Morgan fingerprint density at radius 3 is 2.68 bits per heavy atom. The van der Waals surface area contributed by atoms with E-state index in [1.165, 1.54) is 18.2 Å². The quantitative estimate of drug-likeness (QED) is 0.456. The molecule has 34 heavy (non-hydrogen) atoms. The van der Waals surface area contributed by atoms with Gasteiger partial charge in [0, 0.05) is 22.7 Å². The van der Waals surface area contributed by atoms with Gasteiger partial charge in [0.2, 0.25) is 6.79 Å². The highest BCUT2D eigenvalue weighted by molar-refractivity contribution is 8.18. The van der Waals surface area contributed by atoms with E-state index in [2.05, 4.69) is 0 Å². The van der Waals surface area contributed by atoms with Gasteiger partial charge < -0.3 is 19.0 Å². The number of thioether (sulfide) groups is 1. The SMILES string of the molecule is Cc1ccc(C(=O)O)cc1-c1ccc(/C=C2\SC(=O)N(Cc3cc4c(cc3Cl)OCO4)C2=O)o1. The predicted molar refractivity (Wildman–Crippen MR) is 125 cm³/mol. The van der Waals surface area contributed by atoms with E-state index in [4.69, 9.17) is 25.5 Å². The van der Waals surface area contributed by atoms with Crippen molar-refractivity contribution in [3.63, 3.8) is 0 Å². The molecule has 172 valence electrons. The van der Waals surface area contributed by atoms with Crippen molar-refractivity contribution < 1.29 is 33.4 Å². The van der Waals surface area contributed by atoms with Crippen molar-refractivity contribution in [1.82, 2.24) is 4.90 Å². The lowest BCUT2D eigenvalue weighted by Crippen LogP contribution is -2.27. The standard InChI is InChI=1S/C24H16ClNO7S/c1-12-2-3-13(23(28)29)6-16(12)18-5-4-15(33-18)8-21-22(27)26(24(30)34-21)10-14-7-19-20(9-17(14)25)32-11-31-19/h2-9H,10-11H2,1H3,(H,28,29)/b21-8-. The van der Waals surface area contributed by atoms with E-state index in [1.54, 1.807) is 30.3 Å². The average Bonchev–Trinajstić information content (AvgIpc) is 3.51. The summed E-state index contributed by atoms with van der Waals surface area (Å²) in [4.78, 5) is 38.1. The number of benzene rings is 2. The van der Waals surface area contributed by atoms with Gasteiger partial charge >= 0.3 is 5.97 Å². The molecule has 8 nitrogen and oxygen atoms in total. The number of carbonyl (C=O) groups excluding carboxylic acids is 2. The van der Waals surface area contributed by atoms with Crippen LogP contribution in [0.3, 0.4) is 0 Å². The summed E-state index contributed by atoms with van der Waals surface area (Å²) in [5.74, 6) is 0.336. The van der Waals surface area contributed by atoms with Gasteiger partial charge in [-0.2, -0.15) is 0 Å². The maximum Gasteiger partial charge on any atom is 0.335 e. The molecule has 2 aliphatic rings. The van der Waals surface area contributed by atoms with E-state index in [0.717, 1.165) is 22.2 Å². The molecule has 5 rings (SSSR count). The first kappa shape index (κ1) is 22.1. The molecule has 2 amide bonds. The van der Waals surface area contributed by atoms with Crippen LogP contribution in [0.25, 0.3) is 17.4 Å². The highest BCUT2D eigenvalue weighted by Gasteiger charge is 2.36. The first-order chi connectivity index (χ1) is 16.3. The summed E-state index contributed by atoms with van der Waals surface area (Å²) in [6.07, 6.45) is 1.49. The molecule has 0 saturated carbocycles. The molecule has 0 radical (unpaired) electrons. The summed E-state index contributed by atoms with van der Waals surface area (Å²) in [7, 11) is 0. The van der Waals surface area contributed by atoms with Crippen LogP contribution in [0.1, 0.15) is 27.2 Å². The van der Waals surface area contributed by atoms with Crippen LogP contribution in [-0.4, -0.2) is 33.9 Å². The van der Waals surface area contributed by atoms with Crippen LogP contribution < -0.4 is 9.47 Å². The number of rotatable bonds is 5. The molecule has 0 aliphatic carbocycles. The lowest BCUT2D eigenvalue weighted by molar-refractivity contribution is -0.123. The van der Waals surface area contributed by atoms with Gasteiger partial charge in [0.05, 0.1) is 17.0 Å². The van der Waals surface area contributed by atoms with E-state index in [1.807, 2.05) is 6.92 Å². The minimum Gasteiger partial charge on any atom is -0.478 e. The van der Waals surface area contributed by atoms with Crippen molar-refractivity contribution in [2.75, 3.05) is 6.79 Å². The number of aromatic carboxylic acids is 1. The molecule has 0 unspecified atom stereocenters. The third kappa shape index (κ3) is 4.04. The molecule has 2 aliphatic heterocycles. The normalized spacial score (nSPS) is 16.1. The molecule has 2 aromatic carbocycles. The highest BCUT2D eigenvalue weighted by Crippen LogP contribution is 2.39. The Morgan fingerprint density at radius 1 is 1.15 bits per heavy atom. The second kappa shape index (κ2) is 8.58. The van der Waals surface area contributed by atoms with Gasteiger partial charge in [0.25, 0.3) is 11.1 Å². The maximum atomic E-state index is 12.9. The number of carboxylic acid groups (broad SMARTS) is 1. The van der Waals surface area contributed by atoms with Crippen LogP contribution in [0.5, 0.6) is 11.5 Å². The third-order valence-electron chi connectivity index (χ3n) is 5.39. The Morgan fingerprint density at radius 2 is 1.91 bits per heavy atom. The van der Waals surface area contributed by atoms with E-state index in [9.17, 15) is 19.5 Å². The molecule has 1 N–H and O–H groups in total. The fourth-order valence-electron chi connectivity index (χ4n) is 3.61. The van der Waals surface area contributed by atoms with Crippen LogP contribution >= 0.6 is 23.4 Å². The Labute approximate surface area is 202 Å². The van der Waals surface area contributed by atoms with Crippen molar-refractivity contribution in [2.45, 2.75) is 13.5 Å². The van der Waals surface area contributed by atoms with Crippen LogP contribution in [0, 0.1) is 6.92 Å². The van der Waals surface area contributed by atoms with Crippen molar-refractivity contribution in [1.29, 1.82) is 0 Å². The summed E-state index contributed by atoms with van der Waals surface area (Å²) in [6, 6.07) is 11.4. The van der Waals surface area contributed by atoms with Gasteiger partial charge in [0.15, 0.2) is 11.5 Å². The summed E-state index contributed by atoms with van der Waals surface area (Å²) >= 11 is 7.10. The van der Waals surface area contributed by atoms with Crippen molar-refractivity contribution in [3.05, 3.63) is 74.8 Å². The number of amides is 2. The Kier molecular flexibility index (Phi) is 5.59. The number of imide groups is 1. The van der Waals surface area contributed by atoms with Gasteiger partial charge in [-0.3, -0.25) is 14.5 Å². The molecule has 3 aromatic rings. The molecule has 1 aromatic heterocycles. The van der Waals surface area contributed by atoms with Crippen LogP contribution in [0.2, 0.25) is 5.02 Å². The van der Waals surface area contributed by atoms with Crippen LogP contribution in [0.15, 0.2) is 51.8 Å². The number of ether oxygens (including phenoxy) is 2. The summed E-state index contributed by atoms with van der Waals surface area (Å²) in [5.41, 5.74) is 2.17. The van der Waals surface area contributed by atoms with Gasteiger partial charge in [-0.25, -0.2) is 4.79 Å². The Bertz CT molecular complexity index is 1390. The van der Waals surface area contributed by atoms with E-state index >= 15 is 0 Å². The van der Waals surface area contributed by atoms with Gasteiger partial charge in [-0.15, -0.1) is 0 Å². The lowest BCUT2D eigenvalue weighted by Gasteiger charge is -2.14. The topological polar surface area (TPSA) is 106 Å². The second-order valence-corrected chi connectivity index (χ2v) is 9.00. The Balaban J connectivity index is 1.38. The number of nitrogens with zero attached hydrogens (tertiary/aromatic N) is 1. The van der Waals surface area contributed by atoms with Gasteiger partial charge in [-0.1, -0.05) is 17.7 Å². The zero-order valence-electron chi connectivity index (χ0n) is 17.7. The summed E-state index contributed by atoms with van der Waals surface area (Å²) in [5, 5.41) is 9.19. The fraction of sp³-hybridized carbons (Fsp3) is 0.125. The maximum absolute atomic E-state index is 12.9. The number of fused-ring (bicyclic) bond motifs is 1. The minimum atomic E-state index is -1.04.